The van der Waals surface area contributed by atoms with Gasteiger partial charge in [-0.3, -0.25) is 0 Å². The van der Waals surface area contributed by atoms with Gasteiger partial charge in [-0.1, -0.05) is 11.6 Å². The summed E-state index contributed by atoms with van der Waals surface area (Å²) in [5.41, 5.74) is 0.419. The molecule has 0 saturated heterocycles. The smallest absolute Gasteiger partial charge is 0.337 e. The monoisotopic (exact) mass is 274 g/mol. The molecular formula is C13H7ClN2O3. The number of carbonyl (C=O) groups is 1. The molecule has 0 aliphatic heterocycles. The number of nitriles is 1. The Morgan fingerprint density at radius 1 is 1.37 bits per heavy atom. The largest absolute Gasteiger partial charge is 0.478 e. The number of carboxylic acid groups (broad SMARTS) is 1. The maximum absolute atomic E-state index is 10.9. The van der Waals surface area contributed by atoms with Crippen LogP contribution in [-0.2, 0) is 0 Å². The highest BCUT2D eigenvalue weighted by molar-refractivity contribution is 6.33. The van der Waals surface area contributed by atoms with Gasteiger partial charge in [-0.15, -0.1) is 0 Å². The molecule has 0 fully saturated rings. The standard InChI is InChI=1S/C13H7ClN2O3/c14-11-7-16-12(5-10(11)13(17)18)19-9-3-1-8(6-15)2-4-9/h1-5,7H,(H,17,18). The number of halogens is 1. The van der Waals surface area contributed by atoms with Gasteiger partial charge in [0, 0.05) is 6.07 Å². The Morgan fingerprint density at radius 2 is 2.05 bits per heavy atom. The Hall–Kier alpha value is -2.58. The molecule has 0 unspecified atom stereocenters. The number of nitrogens with zero attached hydrogens (tertiary/aromatic N) is 2. The second-order valence-corrected chi connectivity index (χ2v) is 3.95. The fraction of sp³-hybridized carbons (Fsp3) is 0. The fourth-order valence-corrected chi connectivity index (χ4v) is 1.54. The minimum atomic E-state index is -1.16. The third-order valence-electron chi connectivity index (χ3n) is 2.27. The van der Waals surface area contributed by atoms with E-state index < -0.39 is 5.97 Å². The summed E-state index contributed by atoms with van der Waals surface area (Å²) in [5.74, 6) is -0.589. The van der Waals surface area contributed by atoms with E-state index in [1.807, 2.05) is 6.07 Å². The predicted octanol–water partition coefficient (Wildman–Crippen LogP) is 3.10. The van der Waals surface area contributed by atoms with Crippen molar-refractivity contribution in [3.05, 3.63) is 52.7 Å². The molecule has 0 atom stereocenters. The van der Waals surface area contributed by atoms with E-state index in [-0.39, 0.29) is 16.5 Å². The quantitative estimate of drug-likeness (QED) is 0.930. The summed E-state index contributed by atoms with van der Waals surface area (Å²) in [5, 5.41) is 17.6. The zero-order valence-electron chi connectivity index (χ0n) is 9.50. The number of benzene rings is 1. The molecule has 19 heavy (non-hydrogen) atoms. The molecule has 0 aliphatic carbocycles. The summed E-state index contributed by atoms with van der Waals surface area (Å²) in [6.07, 6.45) is 1.21. The Bertz CT molecular complexity index is 663. The van der Waals surface area contributed by atoms with Gasteiger partial charge in [-0.05, 0) is 24.3 Å². The van der Waals surface area contributed by atoms with E-state index in [0.717, 1.165) is 0 Å². The van der Waals surface area contributed by atoms with Crippen LogP contribution in [0.4, 0.5) is 0 Å². The summed E-state index contributed by atoms with van der Waals surface area (Å²) in [7, 11) is 0. The maximum atomic E-state index is 10.9. The average molecular weight is 275 g/mol. The van der Waals surface area contributed by atoms with Gasteiger partial charge in [-0.25, -0.2) is 9.78 Å². The van der Waals surface area contributed by atoms with Crippen LogP contribution in [0.1, 0.15) is 15.9 Å². The van der Waals surface area contributed by atoms with Crippen LogP contribution >= 0.6 is 11.6 Å². The van der Waals surface area contributed by atoms with E-state index in [2.05, 4.69) is 4.98 Å². The third kappa shape index (κ3) is 3.00. The van der Waals surface area contributed by atoms with Crippen LogP contribution in [0.15, 0.2) is 36.5 Å². The number of hydrogen-bond donors (Lipinski definition) is 1. The Morgan fingerprint density at radius 3 is 2.63 bits per heavy atom. The van der Waals surface area contributed by atoms with Crippen LogP contribution in [0.3, 0.4) is 0 Å². The highest BCUT2D eigenvalue weighted by Crippen LogP contribution is 2.24. The summed E-state index contributed by atoms with van der Waals surface area (Å²) in [6, 6.07) is 9.58. The first-order chi connectivity index (χ1) is 9.10. The van der Waals surface area contributed by atoms with Gasteiger partial charge in [-0.2, -0.15) is 5.26 Å². The lowest BCUT2D eigenvalue weighted by Crippen LogP contribution is -1.99. The molecule has 0 saturated carbocycles. The molecular weight excluding hydrogens is 268 g/mol. The molecule has 6 heteroatoms. The van der Waals surface area contributed by atoms with Gasteiger partial charge < -0.3 is 9.84 Å². The number of aromatic nitrogens is 1. The molecule has 1 heterocycles. The zero-order chi connectivity index (χ0) is 13.8. The topological polar surface area (TPSA) is 83.2 Å². The summed E-state index contributed by atoms with van der Waals surface area (Å²) in [4.78, 5) is 14.8. The maximum Gasteiger partial charge on any atom is 0.337 e. The number of carboxylic acids is 1. The summed E-state index contributed by atoms with van der Waals surface area (Å²) in [6.45, 7) is 0. The molecule has 2 aromatic rings. The number of aromatic carboxylic acids is 1. The van der Waals surface area contributed by atoms with Crippen molar-refractivity contribution in [1.82, 2.24) is 4.98 Å². The highest BCUT2D eigenvalue weighted by atomic mass is 35.5. The van der Waals surface area contributed by atoms with Gasteiger partial charge >= 0.3 is 5.97 Å². The molecule has 2 rings (SSSR count). The first-order valence-electron chi connectivity index (χ1n) is 5.17. The van der Waals surface area contributed by atoms with Crippen molar-refractivity contribution in [3.8, 4) is 17.7 Å². The molecule has 0 spiro atoms. The number of hydrogen-bond acceptors (Lipinski definition) is 4. The van der Waals surface area contributed by atoms with Crippen LogP contribution in [0.25, 0.3) is 0 Å². The van der Waals surface area contributed by atoms with Gasteiger partial charge in [0.05, 0.1) is 28.4 Å². The van der Waals surface area contributed by atoms with Crippen LogP contribution in [-0.4, -0.2) is 16.1 Å². The molecule has 5 nitrogen and oxygen atoms in total. The Labute approximate surface area is 113 Å². The number of rotatable bonds is 3. The van der Waals surface area contributed by atoms with E-state index in [0.29, 0.717) is 11.3 Å². The molecule has 1 N–H and O–H groups in total. The lowest BCUT2D eigenvalue weighted by molar-refractivity contribution is 0.0696. The van der Waals surface area contributed by atoms with Crippen LogP contribution in [0.2, 0.25) is 5.02 Å². The average Bonchev–Trinajstić information content (AvgIpc) is 2.41. The van der Waals surface area contributed by atoms with E-state index in [4.69, 9.17) is 26.7 Å². The van der Waals surface area contributed by atoms with Gasteiger partial charge in [0.2, 0.25) is 5.88 Å². The molecule has 0 aliphatic rings. The minimum absolute atomic E-state index is 0.0414. The number of ether oxygens (including phenoxy) is 1. The van der Waals surface area contributed by atoms with Gasteiger partial charge in [0.15, 0.2) is 0 Å². The van der Waals surface area contributed by atoms with E-state index in [1.165, 1.54) is 12.3 Å². The lowest BCUT2D eigenvalue weighted by atomic mass is 10.2. The molecule has 0 amide bonds. The minimum Gasteiger partial charge on any atom is -0.478 e. The van der Waals surface area contributed by atoms with Crippen molar-refractivity contribution < 1.29 is 14.6 Å². The lowest BCUT2D eigenvalue weighted by Gasteiger charge is -2.06. The summed E-state index contributed by atoms with van der Waals surface area (Å²) >= 11 is 5.70. The SMILES string of the molecule is N#Cc1ccc(Oc2cc(C(=O)O)c(Cl)cn2)cc1. The second kappa shape index (κ2) is 5.38. The predicted molar refractivity (Wildman–Crippen MR) is 67.4 cm³/mol. The van der Waals surface area contributed by atoms with Gasteiger partial charge in [0.1, 0.15) is 5.75 Å². The molecule has 94 valence electrons. The van der Waals surface area contributed by atoms with E-state index >= 15 is 0 Å². The van der Waals surface area contributed by atoms with E-state index in [1.54, 1.807) is 24.3 Å². The van der Waals surface area contributed by atoms with E-state index in [9.17, 15) is 4.79 Å². The zero-order valence-corrected chi connectivity index (χ0v) is 10.3. The molecule has 0 radical (unpaired) electrons. The third-order valence-corrected chi connectivity index (χ3v) is 2.57. The van der Waals surface area contributed by atoms with Crippen LogP contribution in [0, 0.1) is 11.3 Å². The second-order valence-electron chi connectivity index (χ2n) is 3.55. The van der Waals surface area contributed by atoms with Crippen LogP contribution < -0.4 is 4.74 Å². The molecule has 0 bridgehead atoms. The molecule has 1 aromatic carbocycles. The van der Waals surface area contributed by atoms with Crippen molar-refractivity contribution in [2.24, 2.45) is 0 Å². The fourth-order valence-electron chi connectivity index (χ4n) is 1.36. The van der Waals surface area contributed by atoms with Crippen molar-refractivity contribution in [1.29, 1.82) is 5.26 Å². The van der Waals surface area contributed by atoms with Crippen molar-refractivity contribution in [3.63, 3.8) is 0 Å². The first-order valence-corrected chi connectivity index (χ1v) is 5.55. The van der Waals surface area contributed by atoms with Crippen molar-refractivity contribution in [2.45, 2.75) is 0 Å². The Balaban J connectivity index is 2.25. The van der Waals surface area contributed by atoms with Gasteiger partial charge in [0.25, 0.3) is 0 Å². The Kier molecular flexibility index (Phi) is 3.64. The first kappa shape index (κ1) is 12.9. The molecule has 1 aromatic heterocycles. The normalized spacial score (nSPS) is 9.68. The van der Waals surface area contributed by atoms with Crippen LogP contribution in [0.5, 0.6) is 11.6 Å². The summed E-state index contributed by atoms with van der Waals surface area (Å²) < 4.78 is 5.38. The van der Waals surface area contributed by atoms with Crippen molar-refractivity contribution in [2.75, 3.05) is 0 Å². The number of pyridine rings is 1. The van der Waals surface area contributed by atoms with Crippen molar-refractivity contribution >= 4 is 17.6 Å². The highest BCUT2D eigenvalue weighted by Gasteiger charge is 2.11.